The number of unbranched alkanes of at least 4 members (excludes halogenated alkanes) is 15. The fourth-order valence-corrected chi connectivity index (χ4v) is 6.43. The normalized spacial score (nSPS) is 12.8. The summed E-state index contributed by atoms with van der Waals surface area (Å²) in [5.41, 5.74) is 0.595. The van der Waals surface area contributed by atoms with E-state index in [-0.39, 0.29) is 17.0 Å². The molecule has 0 saturated carbocycles. The average molecular weight is 553 g/mol. The number of halogens is 1. The predicted octanol–water partition coefficient (Wildman–Crippen LogP) is 5.40. The summed E-state index contributed by atoms with van der Waals surface area (Å²) in [5.74, 6) is 0. The molecule has 0 N–H and O–H groups in total. The maximum atomic E-state index is 5.91. The summed E-state index contributed by atoms with van der Waals surface area (Å²) in [6, 6.07) is 0. The minimum Gasteiger partial charge on any atom is -1.00 e. The van der Waals surface area contributed by atoms with Crippen molar-refractivity contribution in [3.8, 4) is 0 Å². The third-order valence-electron chi connectivity index (χ3n) is 6.93. The van der Waals surface area contributed by atoms with Gasteiger partial charge in [-0.1, -0.05) is 104 Å². The Balaban J connectivity index is 0. The first-order valence-electron chi connectivity index (χ1n) is 14.5. The quantitative estimate of drug-likeness (QED) is 0.0858. The van der Waals surface area contributed by atoms with E-state index < -0.39 is 9.28 Å². The van der Waals surface area contributed by atoms with E-state index >= 15 is 0 Å². The highest BCUT2D eigenvalue weighted by molar-refractivity contribution is 6.46. The minimum absolute atomic E-state index is 0. The number of quaternary nitrogens is 1. The van der Waals surface area contributed by atoms with E-state index in [1.165, 1.54) is 122 Å². The molecule has 0 aromatic rings. The van der Waals surface area contributed by atoms with Crippen molar-refractivity contribution in [1.29, 1.82) is 0 Å². The van der Waals surface area contributed by atoms with E-state index in [2.05, 4.69) is 41.8 Å². The first-order valence-corrected chi connectivity index (χ1v) is 16.1. The zero-order chi connectivity index (χ0) is 23.9. The molecule has 1 atom stereocenters. The predicted molar refractivity (Wildman–Crippen MR) is 146 cm³/mol. The van der Waals surface area contributed by atoms with Gasteiger partial charge in [0, 0.05) is 25.2 Å². The molecular formula is C28H62BrNO2Si. The van der Waals surface area contributed by atoms with Gasteiger partial charge in [0.2, 0.25) is 0 Å². The van der Waals surface area contributed by atoms with Crippen molar-refractivity contribution >= 4 is 9.28 Å². The highest BCUT2D eigenvalue weighted by Crippen LogP contribution is 2.19. The summed E-state index contributed by atoms with van der Waals surface area (Å²) < 4.78 is 13.0. The lowest BCUT2D eigenvalue weighted by atomic mass is 10.0. The third kappa shape index (κ3) is 24.1. The van der Waals surface area contributed by atoms with E-state index in [0.29, 0.717) is 5.54 Å². The van der Waals surface area contributed by atoms with Gasteiger partial charge in [-0.05, 0) is 26.7 Å². The molecule has 0 aromatic carbocycles. The van der Waals surface area contributed by atoms with Crippen LogP contribution in [0, 0.1) is 0 Å². The molecule has 0 aliphatic heterocycles. The lowest BCUT2D eigenvalue weighted by Crippen LogP contribution is -3.00. The van der Waals surface area contributed by atoms with Crippen molar-refractivity contribution in [1.82, 2.24) is 0 Å². The van der Waals surface area contributed by atoms with Gasteiger partial charge in [0.15, 0.2) is 0 Å². The molecule has 0 bridgehead atoms. The van der Waals surface area contributed by atoms with Gasteiger partial charge in [-0.15, -0.1) is 0 Å². The molecule has 0 aliphatic rings. The zero-order valence-corrected chi connectivity index (χ0v) is 26.4. The summed E-state index contributed by atoms with van der Waals surface area (Å²) in [5, 5.41) is 0. The topological polar surface area (TPSA) is 18.5 Å². The van der Waals surface area contributed by atoms with Crippen molar-refractivity contribution in [3.63, 3.8) is 0 Å². The van der Waals surface area contributed by atoms with Crippen LogP contribution >= 0.6 is 0 Å². The lowest BCUT2D eigenvalue weighted by Gasteiger charge is -2.32. The summed E-state index contributed by atoms with van der Waals surface area (Å²) in [4.78, 5) is 0. The van der Waals surface area contributed by atoms with E-state index in [1.807, 2.05) is 0 Å². The van der Waals surface area contributed by atoms with Gasteiger partial charge in [0.25, 0.3) is 0 Å². The SMILES string of the molecule is CCCCCCCCCCCCCCCCCC[N+](C)(C)CCC(C)[SiH](OCC)OCC.[Br-]. The molecule has 0 rings (SSSR count). The van der Waals surface area contributed by atoms with E-state index in [9.17, 15) is 0 Å². The second kappa shape index (κ2) is 25.7. The Morgan fingerprint density at radius 2 is 0.939 bits per heavy atom. The van der Waals surface area contributed by atoms with Crippen LogP contribution in [0.3, 0.4) is 0 Å². The molecule has 0 fully saturated rings. The molecule has 202 valence electrons. The van der Waals surface area contributed by atoms with E-state index in [4.69, 9.17) is 8.85 Å². The van der Waals surface area contributed by atoms with Crippen LogP contribution in [0.1, 0.15) is 137 Å². The Morgan fingerprint density at radius 3 is 1.30 bits per heavy atom. The first-order chi connectivity index (χ1) is 15.5. The van der Waals surface area contributed by atoms with Gasteiger partial charge < -0.3 is 30.3 Å². The van der Waals surface area contributed by atoms with Crippen LogP contribution in [-0.2, 0) is 8.85 Å². The molecule has 0 aromatic heterocycles. The summed E-state index contributed by atoms with van der Waals surface area (Å²) in [7, 11) is 3.30. The maximum absolute atomic E-state index is 5.91. The van der Waals surface area contributed by atoms with Crippen molar-refractivity contribution in [3.05, 3.63) is 0 Å². The van der Waals surface area contributed by atoms with Gasteiger partial charge in [-0.25, -0.2) is 0 Å². The minimum atomic E-state index is -1.49. The fourth-order valence-electron chi connectivity index (χ4n) is 4.59. The molecule has 0 amide bonds. The van der Waals surface area contributed by atoms with E-state index in [0.717, 1.165) is 17.7 Å². The van der Waals surface area contributed by atoms with Gasteiger partial charge in [0.05, 0.1) is 27.2 Å². The monoisotopic (exact) mass is 551 g/mol. The van der Waals surface area contributed by atoms with Crippen molar-refractivity contribution in [2.45, 2.75) is 142 Å². The fraction of sp³-hybridized carbons (Fsp3) is 1.00. The van der Waals surface area contributed by atoms with Gasteiger partial charge in [-0.3, -0.25) is 0 Å². The highest BCUT2D eigenvalue weighted by atomic mass is 79.9. The van der Waals surface area contributed by atoms with Gasteiger partial charge in [-0.2, -0.15) is 0 Å². The Bertz CT molecular complexity index is 379. The Labute approximate surface area is 222 Å². The Morgan fingerprint density at radius 1 is 0.576 bits per heavy atom. The molecule has 1 unspecified atom stereocenters. The molecule has 0 spiro atoms. The van der Waals surface area contributed by atoms with Crippen LogP contribution in [-0.4, -0.2) is 54.2 Å². The second-order valence-corrected chi connectivity index (χ2v) is 13.3. The Hall–Kier alpha value is 0.577. The van der Waals surface area contributed by atoms with Crippen LogP contribution in [0.4, 0.5) is 0 Å². The molecule has 5 heteroatoms. The number of nitrogens with zero attached hydrogens (tertiary/aromatic N) is 1. The third-order valence-corrected chi connectivity index (χ3v) is 9.52. The van der Waals surface area contributed by atoms with Crippen LogP contribution in [0.25, 0.3) is 0 Å². The largest absolute Gasteiger partial charge is 1.00 e. The second-order valence-electron chi connectivity index (χ2n) is 10.7. The Kier molecular flexibility index (Phi) is 27.8. The van der Waals surface area contributed by atoms with Crippen molar-refractivity contribution in [2.24, 2.45) is 0 Å². The van der Waals surface area contributed by atoms with Crippen LogP contribution in [0.2, 0.25) is 5.54 Å². The van der Waals surface area contributed by atoms with Crippen molar-refractivity contribution < 1.29 is 30.3 Å². The smallest absolute Gasteiger partial charge is 0.324 e. The molecule has 33 heavy (non-hydrogen) atoms. The van der Waals surface area contributed by atoms with Gasteiger partial charge >= 0.3 is 9.28 Å². The van der Waals surface area contributed by atoms with E-state index in [1.54, 1.807) is 0 Å². The summed E-state index contributed by atoms with van der Waals surface area (Å²) in [6.45, 7) is 12.9. The summed E-state index contributed by atoms with van der Waals surface area (Å²) >= 11 is 0. The number of hydrogen-bond donors (Lipinski definition) is 0. The molecule has 0 heterocycles. The maximum Gasteiger partial charge on any atom is 0.324 e. The molecule has 0 saturated heterocycles. The standard InChI is InChI=1S/C28H62NO2Si.BrH/c1-7-10-11-12-13-14-15-16-17-18-19-20-21-22-23-24-26-29(5,6)27-25-28(4)32(30-8-2)31-9-3;/h28,32H,7-27H2,1-6H3;1H/q+1;/p-1. The molecule has 0 radical (unpaired) electrons. The highest BCUT2D eigenvalue weighted by Gasteiger charge is 2.24. The number of rotatable bonds is 25. The first kappa shape index (κ1) is 35.7. The lowest BCUT2D eigenvalue weighted by molar-refractivity contribution is -0.890. The van der Waals surface area contributed by atoms with Crippen LogP contribution in [0.5, 0.6) is 0 Å². The van der Waals surface area contributed by atoms with Gasteiger partial charge in [0.1, 0.15) is 0 Å². The van der Waals surface area contributed by atoms with Crippen LogP contribution in [0.15, 0.2) is 0 Å². The van der Waals surface area contributed by atoms with Crippen molar-refractivity contribution in [2.75, 3.05) is 40.4 Å². The molecular weight excluding hydrogens is 490 g/mol. The summed E-state index contributed by atoms with van der Waals surface area (Å²) in [6.07, 6.45) is 24.3. The molecule has 0 aliphatic carbocycles. The molecule has 3 nitrogen and oxygen atoms in total. The average Bonchev–Trinajstić information content (AvgIpc) is 2.77. The zero-order valence-electron chi connectivity index (χ0n) is 23.6. The number of hydrogen-bond acceptors (Lipinski definition) is 2. The van der Waals surface area contributed by atoms with Crippen LogP contribution < -0.4 is 17.0 Å².